The van der Waals surface area contributed by atoms with E-state index in [9.17, 15) is 26.3 Å². The third-order valence-corrected chi connectivity index (χ3v) is 4.57. The lowest BCUT2D eigenvalue weighted by atomic mass is 9.82. The molecule has 0 heterocycles. The molecule has 0 saturated heterocycles. The number of rotatable bonds is 3. The molecule has 5 radical (unpaired) electrons. The zero-order valence-electron chi connectivity index (χ0n) is 13.1. The molecule has 1 aromatic carbocycles. The van der Waals surface area contributed by atoms with Gasteiger partial charge in [-0.3, -0.25) is 0 Å². The van der Waals surface area contributed by atoms with Crippen molar-refractivity contribution >= 4 is 0 Å². The predicted molar refractivity (Wildman–Crippen MR) is 73.8 cm³/mol. The van der Waals surface area contributed by atoms with Gasteiger partial charge in [-0.1, -0.05) is 27.7 Å². The summed E-state index contributed by atoms with van der Waals surface area (Å²) in [7, 11) is 0. The maximum absolute atomic E-state index is 14.0. The maximum atomic E-state index is 14.0. The van der Waals surface area contributed by atoms with Crippen LogP contribution in [0.2, 0.25) is 0 Å². The standard InChI is InChI=1S/C17H15F6/c1-6-7(2)9(4)10(8(6)3)5-11-12(17(22)23)14(19)16(21)15(20)13(11)18/h17H,5H2,1-4H3. The first kappa shape index (κ1) is 18.1. The Morgan fingerprint density at radius 3 is 1.52 bits per heavy atom. The van der Waals surface area contributed by atoms with E-state index in [1.165, 1.54) is 0 Å². The summed E-state index contributed by atoms with van der Waals surface area (Å²) in [6.45, 7) is 7.08. The number of alkyl halides is 2. The van der Waals surface area contributed by atoms with Gasteiger partial charge in [0.2, 0.25) is 0 Å². The zero-order valence-corrected chi connectivity index (χ0v) is 13.1. The van der Waals surface area contributed by atoms with Gasteiger partial charge < -0.3 is 0 Å². The summed E-state index contributed by atoms with van der Waals surface area (Å²) in [5, 5.41) is 0. The fraction of sp³-hybridized carbons (Fsp3) is 0.353. The molecule has 0 amide bonds. The normalized spacial score (nSPS) is 19.4. The van der Waals surface area contributed by atoms with E-state index < -0.39 is 47.2 Å². The fourth-order valence-electron chi connectivity index (χ4n) is 2.83. The van der Waals surface area contributed by atoms with Crippen molar-refractivity contribution < 1.29 is 26.3 Å². The third-order valence-electron chi connectivity index (χ3n) is 4.57. The number of benzene rings is 1. The van der Waals surface area contributed by atoms with Crippen LogP contribution in [0.3, 0.4) is 0 Å². The Morgan fingerprint density at radius 1 is 0.652 bits per heavy atom. The van der Waals surface area contributed by atoms with E-state index >= 15 is 0 Å². The van der Waals surface area contributed by atoms with Gasteiger partial charge in [-0.05, 0) is 36.0 Å². The first-order valence-electron chi connectivity index (χ1n) is 6.94. The molecule has 0 bridgehead atoms. The van der Waals surface area contributed by atoms with Crippen LogP contribution in [0.5, 0.6) is 0 Å². The molecule has 6 heteroatoms. The third kappa shape index (κ3) is 2.85. The average molecular weight is 333 g/mol. The monoisotopic (exact) mass is 333 g/mol. The molecular weight excluding hydrogens is 318 g/mol. The predicted octanol–water partition coefficient (Wildman–Crippen LogP) is 5.69. The Morgan fingerprint density at radius 2 is 1.09 bits per heavy atom. The molecule has 0 aliphatic heterocycles. The Balaban J connectivity index is 2.52. The summed E-state index contributed by atoms with van der Waals surface area (Å²) in [6.07, 6.45) is -3.88. The van der Waals surface area contributed by atoms with Gasteiger partial charge in [0.05, 0.1) is 5.56 Å². The molecule has 125 valence electrons. The van der Waals surface area contributed by atoms with Crippen LogP contribution in [0.4, 0.5) is 26.3 Å². The van der Waals surface area contributed by atoms with Crippen LogP contribution < -0.4 is 0 Å². The van der Waals surface area contributed by atoms with E-state index in [-0.39, 0.29) is 0 Å². The molecule has 1 aliphatic carbocycles. The van der Waals surface area contributed by atoms with Crippen LogP contribution in [0.25, 0.3) is 0 Å². The zero-order chi connectivity index (χ0) is 17.6. The average Bonchev–Trinajstić information content (AvgIpc) is 2.67. The van der Waals surface area contributed by atoms with Crippen LogP contribution in [-0.4, -0.2) is 0 Å². The summed E-state index contributed by atoms with van der Waals surface area (Å²) < 4.78 is 80.5. The van der Waals surface area contributed by atoms with Crippen molar-refractivity contribution in [3.8, 4) is 0 Å². The molecule has 1 aliphatic rings. The molecule has 0 spiro atoms. The molecule has 1 saturated carbocycles. The highest BCUT2D eigenvalue weighted by molar-refractivity contribution is 5.60. The van der Waals surface area contributed by atoms with E-state index in [0.29, 0.717) is 5.92 Å². The lowest BCUT2D eigenvalue weighted by molar-refractivity contribution is 0.142. The van der Waals surface area contributed by atoms with E-state index in [2.05, 4.69) is 0 Å². The van der Waals surface area contributed by atoms with Gasteiger partial charge >= 0.3 is 0 Å². The number of hydrogen-bond donors (Lipinski definition) is 0. The summed E-state index contributed by atoms with van der Waals surface area (Å²) in [4.78, 5) is 0. The molecule has 2 rings (SSSR count). The van der Waals surface area contributed by atoms with Gasteiger partial charge in [0, 0.05) is 5.56 Å². The Kier molecular flexibility index (Phi) is 5.02. The van der Waals surface area contributed by atoms with E-state index in [0.717, 1.165) is 23.7 Å². The molecule has 0 nitrogen and oxygen atoms in total. The Labute approximate surface area is 131 Å². The van der Waals surface area contributed by atoms with Crippen LogP contribution in [0.15, 0.2) is 0 Å². The summed E-state index contributed by atoms with van der Waals surface area (Å²) in [5.41, 5.74) is -2.26. The first-order valence-corrected chi connectivity index (χ1v) is 6.94. The minimum atomic E-state index is -3.45. The lowest BCUT2D eigenvalue weighted by Crippen LogP contribution is -2.16. The van der Waals surface area contributed by atoms with Crippen molar-refractivity contribution in [3.05, 3.63) is 64.0 Å². The van der Waals surface area contributed by atoms with Gasteiger partial charge in [-0.15, -0.1) is 0 Å². The van der Waals surface area contributed by atoms with Crippen molar-refractivity contribution in [3.63, 3.8) is 0 Å². The van der Waals surface area contributed by atoms with Crippen LogP contribution >= 0.6 is 0 Å². The molecule has 23 heavy (non-hydrogen) atoms. The van der Waals surface area contributed by atoms with Crippen LogP contribution in [0.1, 0.15) is 45.2 Å². The Bertz CT molecular complexity index is 583. The van der Waals surface area contributed by atoms with Gasteiger partial charge in [-0.2, -0.15) is 0 Å². The van der Waals surface area contributed by atoms with E-state index in [1.54, 1.807) is 13.8 Å². The summed E-state index contributed by atoms with van der Waals surface area (Å²) in [6, 6.07) is 0. The van der Waals surface area contributed by atoms with Gasteiger partial charge in [-0.25, -0.2) is 26.3 Å². The fourth-order valence-corrected chi connectivity index (χ4v) is 2.83. The second kappa shape index (κ2) is 6.36. The highest BCUT2D eigenvalue weighted by atomic mass is 19.3. The largest absolute Gasteiger partial charge is 0.267 e. The second-order valence-corrected chi connectivity index (χ2v) is 5.60. The molecular formula is C17H15F6. The van der Waals surface area contributed by atoms with Gasteiger partial charge in [0.25, 0.3) is 6.43 Å². The first-order chi connectivity index (χ1) is 10.6. The molecule has 1 aromatic rings. The molecule has 1 fully saturated rings. The molecule has 0 N–H and O–H groups in total. The quantitative estimate of drug-likeness (QED) is 0.379. The van der Waals surface area contributed by atoms with E-state index in [1.807, 2.05) is 13.8 Å². The molecule has 0 aromatic heterocycles. The van der Waals surface area contributed by atoms with Crippen molar-refractivity contribution in [1.82, 2.24) is 0 Å². The second-order valence-electron chi connectivity index (χ2n) is 5.60. The highest BCUT2D eigenvalue weighted by Crippen LogP contribution is 2.53. The van der Waals surface area contributed by atoms with Gasteiger partial charge in [0.15, 0.2) is 23.3 Å². The summed E-state index contributed by atoms with van der Waals surface area (Å²) >= 11 is 0. The lowest BCUT2D eigenvalue weighted by Gasteiger charge is -2.22. The maximum Gasteiger partial charge on any atom is 0.267 e. The SMILES string of the molecule is C[C]1[C](C)[C](C)[C](Cc2c(F)c(F)c(F)c(F)c2C(F)F)[C]1C. The smallest absolute Gasteiger partial charge is 0.205 e. The van der Waals surface area contributed by atoms with Crippen molar-refractivity contribution in [2.75, 3.05) is 0 Å². The van der Waals surface area contributed by atoms with Crippen molar-refractivity contribution in [1.29, 1.82) is 0 Å². The molecule has 0 unspecified atom stereocenters. The topological polar surface area (TPSA) is 0 Å². The number of halogens is 6. The van der Waals surface area contributed by atoms with Crippen molar-refractivity contribution in [2.24, 2.45) is 0 Å². The van der Waals surface area contributed by atoms with Crippen LogP contribution in [-0.2, 0) is 6.42 Å². The summed E-state index contributed by atoms with van der Waals surface area (Å²) in [5.74, 6) is -4.29. The minimum Gasteiger partial charge on any atom is -0.205 e. The highest BCUT2D eigenvalue weighted by Gasteiger charge is 2.44. The van der Waals surface area contributed by atoms with Gasteiger partial charge in [0.1, 0.15) is 0 Å². The molecule has 0 atom stereocenters. The number of hydrogen-bond acceptors (Lipinski definition) is 0. The van der Waals surface area contributed by atoms with E-state index in [4.69, 9.17) is 0 Å². The van der Waals surface area contributed by atoms with Crippen molar-refractivity contribution in [2.45, 2.75) is 40.5 Å². The minimum absolute atomic E-state index is 0.425. The Hall–Kier alpha value is -1.20. The van der Waals surface area contributed by atoms with Crippen LogP contribution in [0, 0.1) is 52.9 Å².